The molecule has 1 heterocycles. The molecule has 0 bridgehead atoms. The van der Waals surface area contributed by atoms with Crippen molar-refractivity contribution in [3.63, 3.8) is 0 Å². The molecule has 1 aliphatic rings. The molecule has 7 heteroatoms. The van der Waals surface area contributed by atoms with E-state index in [9.17, 15) is 4.57 Å². The van der Waals surface area contributed by atoms with E-state index in [1.807, 2.05) is 0 Å². The molecule has 1 saturated heterocycles. The first-order valence-corrected chi connectivity index (χ1v) is 4.63. The lowest BCUT2D eigenvalue weighted by Gasteiger charge is -2.28. The van der Waals surface area contributed by atoms with Gasteiger partial charge in [0, 0.05) is 0 Å². The van der Waals surface area contributed by atoms with Crippen LogP contribution in [0.25, 0.3) is 0 Å². The van der Waals surface area contributed by atoms with Crippen molar-refractivity contribution >= 4 is 8.03 Å². The monoisotopic (exact) mass is 197 g/mol. The molecule has 0 aromatic rings. The third kappa shape index (κ3) is 1.80. The van der Waals surface area contributed by atoms with Gasteiger partial charge in [-0.05, 0) is 4.57 Å². The van der Waals surface area contributed by atoms with Crippen molar-refractivity contribution in [3.05, 3.63) is 0 Å². The average molecular weight is 197 g/mol. The number of aliphatic hydroxyl groups is 3. The molecule has 0 amide bonds. The molecule has 0 radical (unpaired) electrons. The molecule has 1 unspecified atom stereocenters. The Balaban J connectivity index is 2.65. The van der Waals surface area contributed by atoms with Gasteiger partial charge in [-0.25, -0.2) is 0 Å². The topological polar surface area (TPSA) is 107 Å². The standard InChI is InChI=1S/C5H9O6P/c6-2-1-11-5(12(9)10)4(8)3(2)7/h2-8H,1H2/p+1/t2-,3+,4-,5-/m1/s1. The summed E-state index contributed by atoms with van der Waals surface area (Å²) in [7, 11) is -2.70. The molecular formula is C5H10O6P+. The molecule has 5 atom stereocenters. The van der Waals surface area contributed by atoms with Crippen molar-refractivity contribution in [2.24, 2.45) is 0 Å². The minimum atomic E-state index is -2.70. The van der Waals surface area contributed by atoms with E-state index < -0.39 is 32.2 Å². The smallest absolute Gasteiger partial charge is 0.388 e. The van der Waals surface area contributed by atoms with Crippen LogP contribution in [-0.2, 0) is 9.30 Å². The average Bonchev–Trinajstić information content (AvgIpc) is 2.00. The number of ether oxygens (including phenoxy) is 1. The zero-order chi connectivity index (χ0) is 9.30. The second-order valence-electron chi connectivity index (χ2n) is 2.57. The highest BCUT2D eigenvalue weighted by molar-refractivity contribution is 7.38. The Morgan fingerprint density at radius 3 is 2.33 bits per heavy atom. The number of aliphatic hydroxyl groups excluding tert-OH is 3. The Labute approximate surface area is 69.3 Å². The maximum atomic E-state index is 10.5. The van der Waals surface area contributed by atoms with E-state index in [1.165, 1.54) is 0 Å². The van der Waals surface area contributed by atoms with Crippen LogP contribution >= 0.6 is 8.03 Å². The lowest BCUT2D eigenvalue weighted by atomic mass is 10.1. The molecule has 1 aliphatic heterocycles. The van der Waals surface area contributed by atoms with Gasteiger partial charge >= 0.3 is 13.9 Å². The summed E-state index contributed by atoms with van der Waals surface area (Å²) in [5.41, 5.74) is 0. The van der Waals surface area contributed by atoms with Gasteiger partial charge in [-0.1, -0.05) is 0 Å². The lowest BCUT2D eigenvalue weighted by Crippen LogP contribution is -2.51. The maximum Gasteiger partial charge on any atom is 0.540 e. The van der Waals surface area contributed by atoms with E-state index in [0.29, 0.717) is 0 Å². The van der Waals surface area contributed by atoms with Crippen molar-refractivity contribution in [2.75, 3.05) is 6.61 Å². The Morgan fingerprint density at radius 1 is 1.25 bits per heavy atom. The third-order valence-corrected chi connectivity index (χ3v) is 2.58. The van der Waals surface area contributed by atoms with Gasteiger partial charge in [0.05, 0.1) is 6.61 Å². The van der Waals surface area contributed by atoms with Crippen molar-refractivity contribution in [3.8, 4) is 0 Å². The largest absolute Gasteiger partial charge is 0.540 e. The highest BCUT2D eigenvalue weighted by Gasteiger charge is 2.48. The molecule has 70 valence electrons. The molecule has 4 N–H and O–H groups in total. The van der Waals surface area contributed by atoms with E-state index in [1.54, 1.807) is 0 Å². The summed E-state index contributed by atoms with van der Waals surface area (Å²) in [5.74, 6) is -1.31. The fourth-order valence-electron chi connectivity index (χ4n) is 0.985. The minimum absolute atomic E-state index is 0.246. The summed E-state index contributed by atoms with van der Waals surface area (Å²) in [5, 5.41) is 27.1. The molecule has 0 spiro atoms. The highest BCUT2D eigenvalue weighted by Crippen LogP contribution is 2.31. The number of hydrogen-bond acceptors (Lipinski definition) is 5. The fraction of sp³-hybridized carbons (Fsp3) is 1.00. The summed E-state index contributed by atoms with van der Waals surface area (Å²) in [6.45, 7) is -0.246. The van der Waals surface area contributed by atoms with Crippen LogP contribution in [-0.4, -0.2) is 51.0 Å². The van der Waals surface area contributed by atoms with Crippen LogP contribution < -0.4 is 0 Å². The van der Waals surface area contributed by atoms with Crippen LogP contribution in [0, 0.1) is 0 Å². The lowest BCUT2D eigenvalue weighted by molar-refractivity contribution is -0.164. The van der Waals surface area contributed by atoms with E-state index >= 15 is 0 Å². The van der Waals surface area contributed by atoms with Crippen molar-refractivity contribution in [2.45, 2.75) is 24.2 Å². The molecule has 12 heavy (non-hydrogen) atoms. The first-order valence-electron chi connectivity index (χ1n) is 3.35. The van der Waals surface area contributed by atoms with Gasteiger partial charge in [-0.15, -0.1) is 0 Å². The second-order valence-corrected chi connectivity index (χ2v) is 3.69. The minimum Gasteiger partial charge on any atom is -0.388 e. The molecule has 0 aromatic carbocycles. The zero-order valence-corrected chi connectivity index (χ0v) is 6.96. The Kier molecular flexibility index (Phi) is 3.11. The van der Waals surface area contributed by atoms with E-state index in [-0.39, 0.29) is 6.61 Å². The van der Waals surface area contributed by atoms with Crippen LogP contribution in [0.4, 0.5) is 0 Å². The predicted octanol–water partition coefficient (Wildman–Crippen LogP) is -1.84. The zero-order valence-electron chi connectivity index (χ0n) is 6.07. The summed E-state index contributed by atoms with van der Waals surface area (Å²) in [4.78, 5) is 8.58. The van der Waals surface area contributed by atoms with Gasteiger partial charge < -0.3 is 20.1 Å². The van der Waals surface area contributed by atoms with Crippen molar-refractivity contribution < 1.29 is 29.5 Å². The van der Waals surface area contributed by atoms with Gasteiger partial charge in [-0.3, -0.25) is 0 Å². The molecule has 0 aromatic heterocycles. The van der Waals surface area contributed by atoms with Crippen LogP contribution in [0.1, 0.15) is 0 Å². The molecular weight excluding hydrogens is 187 g/mol. The van der Waals surface area contributed by atoms with Crippen molar-refractivity contribution in [1.29, 1.82) is 0 Å². The highest BCUT2D eigenvalue weighted by atomic mass is 31.1. The van der Waals surface area contributed by atoms with E-state index in [4.69, 9.17) is 20.2 Å². The number of hydrogen-bond donors (Lipinski definition) is 4. The van der Waals surface area contributed by atoms with Crippen molar-refractivity contribution in [1.82, 2.24) is 0 Å². The van der Waals surface area contributed by atoms with Crippen LogP contribution in [0.15, 0.2) is 0 Å². The maximum absolute atomic E-state index is 10.5. The van der Waals surface area contributed by atoms with Gasteiger partial charge in [0.15, 0.2) is 6.10 Å². The molecule has 6 nitrogen and oxygen atoms in total. The van der Waals surface area contributed by atoms with Gasteiger partial charge in [0.2, 0.25) is 0 Å². The molecule has 1 fully saturated rings. The van der Waals surface area contributed by atoms with Crippen LogP contribution in [0.5, 0.6) is 0 Å². The van der Waals surface area contributed by atoms with E-state index in [2.05, 4.69) is 4.74 Å². The molecule has 1 rings (SSSR count). The van der Waals surface area contributed by atoms with E-state index in [0.717, 1.165) is 0 Å². The third-order valence-electron chi connectivity index (χ3n) is 1.69. The summed E-state index contributed by atoms with van der Waals surface area (Å²) < 4.78 is 15.1. The number of rotatable bonds is 1. The normalized spacial score (nSPS) is 44.2. The first-order chi connectivity index (χ1) is 5.54. The summed E-state index contributed by atoms with van der Waals surface area (Å²) in [6.07, 6.45) is -4.14. The van der Waals surface area contributed by atoms with Gasteiger partial charge in [0.1, 0.15) is 12.2 Å². The SMILES string of the molecule is O=[P+](O)[C@H]1OC[C@@H](O)[C@H](O)[C@H]1O. The second kappa shape index (κ2) is 3.74. The Morgan fingerprint density at radius 2 is 1.83 bits per heavy atom. The Hall–Kier alpha value is -0.100. The van der Waals surface area contributed by atoms with Crippen LogP contribution in [0.2, 0.25) is 0 Å². The first kappa shape index (κ1) is 9.98. The summed E-state index contributed by atoms with van der Waals surface area (Å²) in [6, 6.07) is 0. The fourth-order valence-corrected chi connectivity index (χ4v) is 1.64. The Bertz CT molecular complexity index is 185. The molecule has 0 aliphatic carbocycles. The van der Waals surface area contributed by atoms with Gasteiger partial charge in [0.25, 0.3) is 0 Å². The summed E-state index contributed by atoms with van der Waals surface area (Å²) >= 11 is 0. The predicted molar refractivity (Wildman–Crippen MR) is 37.6 cm³/mol. The molecule has 0 saturated carbocycles. The van der Waals surface area contributed by atoms with Gasteiger partial charge in [-0.2, -0.15) is 4.89 Å². The van der Waals surface area contributed by atoms with Crippen LogP contribution in [0.3, 0.4) is 0 Å². The quantitative estimate of drug-likeness (QED) is 0.368.